The second-order valence-corrected chi connectivity index (χ2v) is 9.83. The van der Waals surface area contributed by atoms with Crippen LogP contribution < -0.4 is 4.74 Å². The summed E-state index contributed by atoms with van der Waals surface area (Å²) in [5.41, 5.74) is 4.24. The lowest BCUT2D eigenvalue weighted by Crippen LogP contribution is -2.42. The van der Waals surface area contributed by atoms with Crippen LogP contribution in [-0.4, -0.2) is 53.6 Å². The Morgan fingerprint density at radius 3 is 2.43 bits per heavy atom. The SMILES string of the molecule is COc1ccc(CN2CC(CN(C(=O)c3ccccc3)C(C)C)C(c3ccccc3C)C2)c(O)c1. The normalized spacial score (nSPS) is 18.1. The van der Waals surface area contributed by atoms with Crippen molar-refractivity contribution in [1.82, 2.24) is 9.80 Å². The molecule has 184 valence electrons. The summed E-state index contributed by atoms with van der Waals surface area (Å²) >= 11 is 0. The third kappa shape index (κ3) is 5.68. The molecule has 1 fully saturated rings. The molecule has 1 heterocycles. The number of ether oxygens (including phenoxy) is 1. The van der Waals surface area contributed by atoms with Crippen LogP contribution in [0.5, 0.6) is 11.5 Å². The Balaban J connectivity index is 1.59. The van der Waals surface area contributed by atoms with Crippen molar-refractivity contribution in [3.05, 3.63) is 95.1 Å². The van der Waals surface area contributed by atoms with Crippen LogP contribution >= 0.6 is 0 Å². The molecule has 1 aliphatic rings. The number of aryl methyl sites for hydroxylation is 1. The maximum absolute atomic E-state index is 13.4. The lowest BCUT2D eigenvalue weighted by molar-refractivity contribution is 0.0668. The number of aromatic hydroxyl groups is 1. The number of hydrogen-bond donors (Lipinski definition) is 1. The van der Waals surface area contributed by atoms with Gasteiger partial charge in [-0.05, 0) is 56.0 Å². The predicted octanol–water partition coefficient (Wildman–Crippen LogP) is 5.48. The summed E-state index contributed by atoms with van der Waals surface area (Å²) < 4.78 is 5.24. The van der Waals surface area contributed by atoms with Crippen LogP contribution in [-0.2, 0) is 6.54 Å². The summed E-state index contributed by atoms with van der Waals surface area (Å²) in [5, 5.41) is 10.5. The molecule has 3 aromatic carbocycles. The van der Waals surface area contributed by atoms with E-state index in [-0.39, 0.29) is 23.6 Å². The molecule has 0 aromatic heterocycles. The lowest BCUT2D eigenvalue weighted by Gasteiger charge is -2.32. The minimum Gasteiger partial charge on any atom is -0.507 e. The molecule has 2 atom stereocenters. The van der Waals surface area contributed by atoms with Gasteiger partial charge in [0.25, 0.3) is 5.91 Å². The average Bonchev–Trinajstić information content (AvgIpc) is 3.26. The summed E-state index contributed by atoms with van der Waals surface area (Å²) in [7, 11) is 1.60. The molecule has 1 saturated heterocycles. The maximum Gasteiger partial charge on any atom is 0.254 e. The molecule has 2 unspecified atom stereocenters. The smallest absolute Gasteiger partial charge is 0.254 e. The zero-order chi connectivity index (χ0) is 24.9. The van der Waals surface area contributed by atoms with Gasteiger partial charge in [0.2, 0.25) is 0 Å². The molecule has 0 radical (unpaired) electrons. The Morgan fingerprint density at radius 2 is 1.77 bits per heavy atom. The van der Waals surface area contributed by atoms with Gasteiger partial charge in [-0.15, -0.1) is 0 Å². The highest BCUT2D eigenvalue weighted by molar-refractivity contribution is 5.94. The number of likely N-dealkylation sites (tertiary alicyclic amines) is 1. The van der Waals surface area contributed by atoms with E-state index in [1.54, 1.807) is 13.2 Å². The van der Waals surface area contributed by atoms with E-state index >= 15 is 0 Å². The largest absolute Gasteiger partial charge is 0.507 e. The Bertz CT molecular complexity index is 1150. The monoisotopic (exact) mass is 472 g/mol. The van der Waals surface area contributed by atoms with Gasteiger partial charge >= 0.3 is 0 Å². The van der Waals surface area contributed by atoms with Crippen molar-refractivity contribution in [3.8, 4) is 11.5 Å². The van der Waals surface area contributed by atoms with Crippen molar-refractivity contribution in [3.63, 3.8) is 0 Å². The van der Waals surface area contributed by atoms with Crippen molar-refractivity contribution in [2.75, 3.05) is 26.7 Å². The number of nitrogens with zero attached hydrogens (tertiary/aromatic N) is 2. The van der Waals surface area contributed by atoms with E-state index in [0.29, 0.717) is 24.8 Å². The van der Waals surface area contributed by atoms with Gasteiger partial charge in [-0.2, -0.15) is 0 Å². The van der Waals surface area contributed by atoms with Gasteiger partial charge in [0, 0.05) is 55.3 Å². The second kappa shape index (κ2) is 11.0. The molecule has 5 nitrogen and oxygen atoms in total. The molecular formula is C30H36N2O3. The molecule has 1 N–H and O–H groups in total. The lowest BCUT2D eigenvalue weighted by atomic mass is 9.86. The van der Waals surface area contributed by atoms with E-state index in [1.807, 2.05) is 47.4 Å². The Hall–Kier alpha value is -3.31. The molecule has 3 aromatic rings. The zero-order valence-corrected chi connectivity index (χ0v) is 21.1. The van der Waals surface area contributed by atoms with Crippen LogP contribution in [0.2, 0.25) is 0 Å². The number of amides is 1. The van der Waals surface area contributed by atoms with Crippen LogP contribution in [0.4, 0.5) is 0 Å². The van der Waals surface area contributed by atoms with E-state index in [0.717, 1.165) is 24.2 Å². The molecule has 1 aliphatic heterocycles. The second-order valence-electron chi connectivity index (χ2n) is 9.83. The van der Waals surface area contributed by atoms with Gasteiger partial charge < -0.3 is 14.7 Å². The molecule has 0 saturated carbocycles. The molecule has 0 aliphatic carbocycles. The highest BCUT2D eigenvalue weighted by Gasteiger charge is 2.37. The average molecular weight is 473 g/mol. The summed E-state index contributed by atoms with van der Waals surface area (Å²) in [6.45, 7) is 9.43. The summed E-state index contributed by atoms with van der Waals surface area (Å²) in [6.07, 6.45) is 0. The van der Waals surface area contributed by atoms with Crippen molar-refractivity contribution in [1.29, 1.82) is 0 Å². The van der Waals surface area contributed by atoms with E-state index in [9.17, 15) is 9.90 Å². The summed E-state index contributed by atoms with van der Waals surface area (Å²) in [4.78, 5) is 17.8. The van der Waals surface area contributed by atoms with Crippen molar-refractivity contribution in [2.45, 2.75) is 39.3 Å². The molecule has 5 heteroatoms. The van der Waals surface area contributed by atoms with Crippen LogP contribution in [0.3, 0.4) is 0 Å². The third-order valence-electron chi connectivity index (χ3n) is 7.13. The van der Waals surface area contributed by atoms with E-state index in [4.69, 9.17) is 4.74 Å². The number of phenols is 1. The minimum atomic E-state index is 0.0791. The third-order valence-corrected chi connectivity index (χ3v) is 7.13. The maximum atomic E-state index is 13.4. The molecule has 4 rings (SSSR count). The van der Waals surface area contributed by atoms with Crippen LogP contribution in [0.15, 0.2) is 72.8 Å². The summed E-state index contributed by atoms with van der Waals surface area (Å²) in [5.74, 6) is 1.57. The quantitative estimate of drug-likeness (QED) is 0.472. The first-order valence-electron chi connectivity index (χ1n) is 12.4. The predicted molar refractivity (Wildman–Crippen MR) is 140 cm³/mol. The van der Waals surface area contributed by atoms with Crippen LogP contribution in [0.1, 0.15) is 46.8 Å². The fourth-order valence-electron chi connectivity index (χ4n) is 5.20. The molecule has 0 bridgehead atoms. The van der Waals surface area contributed by atoms with E-state index < -0.39 is 0 Å². The Kier molecular flexibility index (Phi) is 7.76. The first kappa shape index (κ1) is 24.8. The van der Waals surface area contributed by atoms with E-state index in [1.165, 1.54) is 11.1 Å². The molecule has 1 amide bonds. The fourth-order valence-corrected chi connectivity index (χ4v) is 5.20. The van der Waals surface area contributed by atoms with Crippen LogP contribution in [0.25, 0.3) is 0 Å². The highest BCUT2D eigenvalue weighted by atomic mass is 16.5. The van der Waals surface area contributed by atoms with Crippen LogP contribution in [0, 0.1) is 12.8 Å². The van der Waals surface area contributed by atoms with E-state index in [2.05, 4.69) is 49.9 Å². The number of carbonyl (C=O) groups is 1. The number of hydrogen-bond acceptors (Lipinski definition) is 4. The van der Waals surface area contributed by atoms with Gasteiger partial charge in [-0.1, -0.05) is 48.5 Å². The first-order chi connectivity index (χ1) is 16.9. The zero-order valence-electron chi connectivity index (χ0n) is 21.1. The fraction of sp³-hybridized carbons (Fsp3) is 0.367. The van der Waals surface area contributed by atoms with Crippen molar-refractivity contribution in [2.24, 2.45) is 5.92 Å². The van der Waals surface area contributed by atoms with Gasteiger partial charge in [0.15, 0.2) is 0 Å². The van der Waals surface area contributed by atoms with Gasteiger partial charge in [0.1, 0.15) is 11.5 Å². The van der Waals surface area contributed by atoms with Gasteiger partial charge in [0.05, 0.1) is 7.11 Å². The number of methoxy groups -OCH3 is 1. The standard InChI is InChI=1S/C30H36N2O3/c1-21(2)32(30(34)23-11-6-5-7-12-23)19-25-18-31(17-24-14-15-26(35-4)16-29(24)33)20-28(25)27-13-9-8-10-22(27)3/h5-16,21,25,28,33H,17-20H2,1-4H3. The summed E-state index contributed by atoms with van der Waals surface area (Å²) in [6, 6.07) is 23.7. The van der Waals surface area contributed by atoms with Gasteiger partial charge in [-0.25, -0.2) is 0 Å². The number of rotatable bonds is 8. The number of carbonyl (C=O) groups excluding carboxylic acids is 1. The molecular weight excluding hydrogens is 436 g/mol. The highest BCUT2D eigenvalue weighted by Crippen LogP contribution is 2.37. The molecule has 0 spiro atoms. The Morgan fingerprint density at radius 1 is 1.06 bits per heavy atom. The van der Waals surface area contributed by atoms with Gasteiger partial charge in [-0.3, -0.25) is 9.69 Å². The first-order valence-corrected chi connectivity index (χ1v) is 12.4. The topological polar surface area (TPSA) is 53.0 Å². The molecule has 35 heavy (non-hydrogen) atoms. The number of phenolic OH excluding ortho intramolecular Hbond substituents is 1. The Labute approximate surface area is 209 Å². The number of benzene rings is 3. The minimum absolute atomic E-state index is 0.0791. The van der Waals surface area contributed by atoms with Crippen molar-refractivity contribution >= 4 is 5.91 Å². The van der Waals surface area contributed by atoms with Crippen molar-refractivity contribution < 1.29 is 14.6 Å².